The minimum atomic E-state index is -0.619. The van der Waals surface area contributed by atoms with Gasteiger partial charge in [0.25, 0.3) is 0 Å². The lowest BCUT2D eigenvalue weighted by molar-refractivity contribution is 0.0964. The first-order chi connectivity index (χ1) is 10.9. The highest BCUT2D eigenvalue weighted by atomic mass is 35.5. The second-order valence-corrected chi connectivity index (χ2v) is 5.64. The van der Waals surface area contributed by atoms with Crippen LogP contribution in [0.25, 0.3) is 5.78 Å². The van der Waals surface area contributed by atoms with E-state index in [2.05, 4.69) is 9.97 Å². The van der Waals surface area contributed by atoms with Crippen molar-refractivity contribution < 1.29 is 4.79 Å². The molecule has 0 unspecified atom stereocenters. The molecule has 0 aliphatic rings. The predicted octanol–water partition coefficient (Wildman–Crippen LogP) is 1.36. The van der Waals surface area contributed by atoms with Gasteiger partial charge in [0.2, 0.25) is 5.78 Å². The van der Waals surface area contributed by atoms with Gasteiger partial charge in [0.15, 0.2) is 5.78 Å². The number of aromatic nitrogens is 4. The topological polar surface area (TPSA) is 89.2 Å². The Morgan fingerprint density at radius 1 is 1.22 bits per heavy atom. The molecule has 0 bridgehead atoms. The molecule has 7 nitrogen and oxygen atoms in total. The summed E-state index contributed by atoms with van der Waals surface area (Å²) in [6.45, 7) is 1.69. The molecule has 3 aromatic rings. The average molecular weight is 333 g/mol. The maximum absolute atomic E-state index is 12.6. The van der Waals surface area contributed by atoms with E-state index in [1.165, 1.54) is 22.2 Å². The van der Waals surface area contributed by atoms with Crippen LogP contribution in [0.4, 0.5) is 0 Å². The van der Waals surface area contributed by atoms with Crippen LogP contribution in [-0.2, 0) is 7.05 Å². The number of nitrogens with one attached hydrogen (secondary N) is 1. The highest BCUT2D eigenvalue weighted by molar-refractivity contribution is 6.30. The number of H-pyrrole nitrogens is 1. The van der Waals surface area contributed by atoms with Gasteiger partial charge >= 0.3 is 11.4 Å². The number of carbonyl (C=O) groups is 1. The zero-order valence-electron chi connectivity index (χ0n) is 12.4. The third-order valence-corrected chi connectivity index (χ3v) is 4.01. The summed E-state index contributed by atoms with van der Waals surface area (Å²) in [4.78, 5) is 42.5. The van der Waals surface area contributed by atoms with Crippen molar-refractivity contribution in [3.05, 3.63) is 67.7 Å². The van der Waals surface area contributed by atoms with Crippen LogP contribution in [-0.4, -0.2) is 24.7 Å². The predicted molar refractivity (Wildman–Crippen MR) is 85.3 cm³/mol. The third kappa shape index (κ3) is 2.49. The van der Waals surface area contributed by atoms with Crippen LogP contribution in [0, 0.1) is 0 Å². The molecule has 118 valence electrons. The van der Waals surface area contributed by atoms with E-state index in [9.17, 15) is 14.4 Å². The lowest BCUT2D eigenvalue weighted by Gasteiger charge is -2.10. The molecule has 0 radical (unpaired) electrons. The maximum Gasteiger partial charge on any atom is 0.336 e. The Hall–Kier alpha value is -2.67. The number of halogens is 1. The number of fused-ring (bicyclic) bond motifs is 1. The molecule has 8 heteroatoms. The van der Waals surface area contributed by atoms with Crippen molar-refractivity contribution in [1.29, 1.82) is 0 Å². The van der Waals surface area contributed by atoms with E-state index in [-0.39, 0.29) is 11.6 Å². The van der Waals surface area contributed by atoms with E-state index in [4.69, 9.17) is 11.6 Å². The average Bonchev–Trinajstić information content (AvgIpc) is 2.97. The summed E-state index contributed by atoms with van der Waals surface area (Å²) in [6.07, 6.45) is 1.43. The molecule has 2 aromatic heterocycles. The fraction of sp³-hybridized carbons (Fsp3) is 0.200. The molecule has 0 amide bonds. The lowest BCUT2D eigenvalue weighted by atomic mass is 9.97. The fourth-order valence-corrected chi connectivity index (χ4v) is 2.55. The number of hydrogen-bond donors (Lipinski definition) is 1. The summed E-state index contributed by atoms with van der Waals surface area (Å²) in [5, 5.41) is 0.537. The van der Waals surface area contributed by atoms with Gasteiger partial charge in [0.1, 0.15) is 0 Å². The number of ketones is 1. The number of imidazole rings is 1. The van der Waals surface area contributed by atoms with E-state index in [0.717, 1.165) is 0 Å². The smallest absolute Gasteiger partial charge is 0.293 e. The highest BCUT2D eigenvalue weighted by Gasteiger charge is 2.22. The molecule has 3 rings (SSSR count). The van der Waals surface area contributed by atoms with Crippen LogP contribution in [0.1, 0.15) is 28.9 Å². The molecule has 0 saturated carbocycles. The molecular formula is C15H13ClN4O3. The number of carbonyl (C=O) groups excluding carboxylic acids is 1. The quantitative estimate of drug-likeness (QED) is 0.733. The molecule has 2 heterocycles. The summed E-state index contributed by atoms with van der Waals surface area (Å²) in [5.41, 5.74) is -0.280. The summed E-state index contributed by atoms with van der Waals surface area (Å²) in [5.74, 6) is -0.592. The van der Waals surface area contributed by atoms with Gasteiger partial charge in [-0.05, 0) is 31.2 Å². The van der Waals surface area contributed by atoms with Crippen LogP contribution in [0.15, 0.2) is 40.1 Å². The minimum Gasteiger partial charge on any atom is -0.293 e. The van der Waals surface area contributed by atoms with Crippen LogP contribution in [0.5, 0.6) is 0 Å². The summed E-state index contributed by atoms with van der Waals surface area (Å²) in [6, 6.07) is 6.52. The monoisotopic (exact) mass is 332 g/mol. The molecule has 0 aliphatic carbocycles. The third-order valence-electron chi connectivity index (χ3n) is 3.76. The second kappa shape index (κ2) is 5.51. The maximum atomic E-state index is 12.6. The number of aryl methyl sites for hydroxylation is 1. The number of benzene rings is 1. The summed E-state index contributed by atoms with van der Waals surface area (Å²) >= 11 is 5.82. The van der Waals surface area contributed by atoms with Crippen LogP contribution >= 0.6 is 11.6 Å². The Morgan fingerprint density at radius 3 is 2.52 bits per heavy atom. The standard InChI is InChI=1S/C15H13ClN4O3/c1-8(12(21)9-3-5-10(16)6-4-9)11-7-17-13-19(2)14(22)18-15(23)20(11)13/h3-8H,1-2H3,(H,18,22,23)/t8-/m1/s1. The van der Waals surface area contributed by atoms with Crippen molar-refractivity contribution in [2.75, 3.05) is 0 Å². The van der Waals surface area contributed by atoms with E-state index in [1.54, 1.807) is 31.2 Å². The van der Waals surface area contributed by atoms with Gasteiger partial charge in [-0.2, -0.15) is 0 Å². The van der Waals surface area contributed by atoms with Crippen molar-refractivity contribution >= 4 is 23.2 Å². The number of hydrogen-bond acceptors (Lipinski definition) is 4. The second-order valence-electron chi connectivity index (χ2n) is 5.21. The first-order valence-electron chi connectivity index (χ1n) is 6.86. The van der Waals surface area contributed by atoms with Gasteiger partial charge in [-0.3, -0.25) is 14.3 Å². The zero-order valence-corrected chi connectivity index (χ0v) is 13.2. The molecule has 1 N–H and O–H groups in total. The van der Waals surface area contributed by atoms with Gasteiger partial charge in [0.05, 0.1) is 17.8 Å². The van der Waals surface area contributed by atoms with Crippen LogP contribution in [0.2, 0.25) is 5.02 Å². The lowest BCUT2D eigenvalue weighted by Crippen LogP contribution is -2.34. The molecule has 1 aromatic carbocycles. The first-order valence-corrected chi connectivity index (χ1v) is 7.24. The summed E-state index contributed by atoms with van der Waals surface area (Å²) < 4.78 is 2.45. The van der Waals surface area contributed by atoms with Crippen molar-refractivity contribution in [3.8, 4) is 0 Å². The zero-order chi connectivity index (χ0) is 16.7. The van der Waals surface area contributed by atoms with Gasteiger partial charge in [0, 0.05) is 17.6 Å². The van der Waals surface area contributed by atoms with Crippen molar-refractivity contribution in [2.24, 2.45) is 7.05 Å². The molecule has 1 atom stereocenters. The van der Waals surface area contributed by atoms with E-state index in [0.29, 0.717) is 16.3 Å². The Balaban J connectivity index is 2.11. The Kier molecular flexibility index (Phi) is 3.65. The van der Waals surface area contributed by atoms with Gasteiger partial charge in [-0.25, -0.2) is 19.0 Å². The summed E-state index contributed by atoms with van der Waals surface area (Å²) in [7, 11) is 1.50. The van der Waals surface area contributed by atoms with Crippen molar-refractivity contribution in [3.63, 3.8) is 0 Å². The largest absolute Gasteiger partial charge is 0.336 e. The Morgan fingerprint density at radius 2 is 1.87 bits per heavy atom. The minimum absolute atomic E-state index is 0.170. The fourth-order valence-electron chi connectivity index (χ4n) is 2.43. The highest BCUT2D eigenvalue weighted by Crippen LogP contribution is 2.21. The van der Waals surface area contributed by atoms with E-state index >= 15 is 0 Å². The van der Waals surface area contributed by atoms with Gasteiger partial charge in [-0.1, -0.05) is 11.6 Å². The molecular weight excluding hydrogens is 320 g/mol. The van der Waals surface area contributed by atoms with E-state index < -0.39 is 17.3 Å². The molecule has 23 heavy (non-hydrogen) atoms. The molecule has 0 aliphatic heterocycles. The molecule has 0 spiro atoms. The number of Topliss-reactive ketones (excluding diaryl/α,β-unsaturated/α-hetero) is 1. The van der Waals surface area contributed by atoms with Gasteiger partial charge in [-0.15, -0.1) is 0 Å². The number of nitrogens with zero attached hydrogens (tertiary/aromatic N) is 3. The van der Waals surface area contributed by atoms with Crippen molar-refractivity contribution in [1.82, 2.24) is 18.9 Å². The van der Waals surface area contributed by atoms with Gasteiger partial charge < -0.3 is 0 Å². The first kappa shape index (κ1) is 15.2. The normalized spacial score (nSPS) is 12.5. The Bertz CT molecular complexity index is 1010. The van der Waals surface area contributed by atoms with Crippen molar-refractivity contribution in [2.45, 2.75) is 12.8 Å². The molecule has 0 fully saturated rings. The SMILES string of the molecule is C[C@@H](C(=O)c1ccc(Cl)cc1)c1cnc2n(C)c(=O)[nH]c(=O)n12. The van der Waals surface area contributed by atoms with Crippen LogP contribution in [0.3, 0.4) is 0 Å². The molecule has 0 saturated heterocycles. The Labute approximate surface area is 135 Å². The number of aromatic amines is 1. The number of rotatable bonds is 3. The van der Waals surface area contributed by atoms with E-state index in [1.807, 2.05) is 0 Å². The van der Waals surface area contributed by atoms with Crippen LogP contribution < -0.4 is 11.4 Å².